The summed E-state index contributed by atoms with van der Waals surface area (Å²) in [6.07, 6.45) is 3.95. The molecule has 1 heterocycles. The molecule has 1 saturated heterocycles. The lowest BCUT2D eigenvalue weighted by molar-refractivity contribution is -0.143. The first-order chi connectivity index (χ1) is 8.98. The Kier molecular flexibility index (Phi) is 6.26. The molecule has 1 aliphatic heterocycles. The van der Waals surface area contributed by atoms with Gasteiger partial charge in [0.2, 0.25) is 11.8 Å². The average molecular weight is 302 g/mol. The van der Waals surface area contributed by atoms with Crippen molar-refractivity contribution in [3.05, 3.63) is 0 Å². The summed E-state index contributed by atoms with van der Waals surface area (Å²) in [6, 6.07) is 0. The van der Waals surface area contributed by atoms with E-state index in [-0.39, 0.29) is 22.2 Å². The summed E-state index contributed by atoms with van der Waals surface area (Å²) in [4.78, 5) is 24.5. The molecule has 19 heavy (non-hydrogen) atoms. The van der Waals surface area contributed by atoms with E-state index in [0.29, 0.717) is 6.42 Å². The van der Waals surface area contributed by atoms with E-state index in [4.69, 9.17) is 12.2 Å². The summed E-state index contributed by atoms with van der Waals surface area (Å²) < 4.78 is 0. The number of carbonyl (C=O) groups is 2. The second-order valence-electron chi connectivity index (χ2n) is 4.78. The number of hydrogen-bond donors (Lipinski definition) is 2. The highest BCUT2D eigenvalue weighted by Crippen LogP contribution is 2.37. The molecule has 0 spiro atoms. The molecular weight excluding hydrogens is 280 g/mol. The van der Waals surface area contributed by atoms with Crippen molar-refractivity contribution in [2.75, 3.05) is 5.75 Å². The highest BCUT2D eigenvalue weighted by atomic mass is 32.2. The zero-order valence-electron chi connectivity index (χ0n) is 11.7. The SMILES string of the molecule is CCCCCSC(C)C1(CC)C(=O)NC(=S)NC1=O. The normalized spacial score (nSPS) is 19.8. The van der Waals surface area contributed by atoms with Crippen LogP contribution in [0.15, 0.2) is 0 Å². The third kappa shape index (κ3) is 3.48. The van der Waals surface area contributed by atoms with Crippen molar-refractivity contribution >= 4 is 40.9 Å². The summed E-state index contributed by atoms with van der Waals surface area (Å²) in [5, 5.41) is 5.22. The van der Waals surface area contributed by atoms with Crippen molar-refractivity contribution in [1.82, 2.24) is 10.6 Å². The average Bonchev–Trinajstić information content (AvgIpc) is 2.34. The lowest BCUT2D eigenvalue weighted by atomic mass is 9.79. The van der Waals surface area contributed by atoms with Crippen LogP contribution in [0.2, 0.25) is 0 Å². The van der Waals surface area contributed by atoms with Gasteiger partial charge in [-0.1, -0.05) is 33.6 Å². The Morgan fingerprint density at radius 3 is 2.26 bits per heavy atom. The monoisotopic (exact) mass is 302 g/mol. The van der Waals surface area contributed by atoms with Crippen LogP contribution in [-0.4, -0.2) is 27.9 Å². The molecule has 1 aliphatic rings. The number of hydrogen-bond acceptors (Lipinski definition) is 4. The predicted molar refractivity (Wildman–Crippen MR) is 83.1 cm³/mol. The number of nitrogens with one attached hydrogen (secondary N) is 2. The smallest absolute Gasteiger partial charge is 0.242 e. The third-order valence-corrected chi connectivity index (χ3v) is 5.26. The number of amides is 2. The van der Waals surface area contributed by atoms with Crippen LogP contribution in [0.3, 0.4) is 0 Å². The van der Waals surface area contributed by atoms with E-state index < -0.39 is 5.41 Å². The quantitative estimate of drug-likeness (QED) is 0.430. The van der Waals surface area contributed by atoms with Crippen molar-refractivity contribution in [3.63, 3.8) is 0 Å². The Morgan fingerprint density at radius 2 is 1.79 bits per heavy atom. The van der Waals surface area contributed by atoms with E-state index in [2.05, 4.69) is 17.6 Å². The second kappa shape index (κ2) is 7.24. The molecular formula is C13H22N2O2S2. The Balaban J connectivity index is 2.75. The third-order valence-electron chi connectivity index (χ3n) is 3.63. The molecule has 108 valence electrons. The zero-order valence-corrected chi connectivity index (χ0v) is 13.4. The van der Waals surface area contributed by atoms with Crippen LogP contribution in [0, 0.1) is 5.41 Å². The molecule has 0 aromatic rings. The van der Waals surface area contributed by atoms with Gasteiger partial charge in [0.25, 0.3) is 0 Å². The topological polar surface area (TPSA) is 58.2 Å². The fourth-order valence-electron chi connectivity index (χ4n) is 2.30. The summed E-state index contributed by atoms with van der Waals surface area (Å²) in [7, 11) is 0. The van der Waals surface area contributed by atoms with Crippen molar-refractivity contribution in [2.24, 2.45) is 5.41 Å². The van der Waals surface area contributed by atoms with Crippen molar-refractivity contribution in [2.45, 2.75) is 51.7 Å². The zero-order chi connectivity index (χ0) is 14.5. The van der Waals surface area contributed by atoms with E-state index >= 15 is 0 Å². The molecule has 2 N–H and O–H groups in total. The summed E-state index contributed by atoms with van der Waals surface area (Å²) in [6.45, 7) is 5.98. The molecule has 0 aromatic carbocycles. The van der Waals surface area contributed by atoms with Crippen LogP contribution in [0.1, 0.15) is 46.5 Å². The summed E-state index contributed by atoms with van der Waals surface area (Å²) in [5.41, 5.74) is -1.00. The van der Waals surface area contributed by atoms with Crippen LogP contribution in [0.4, 0.5) is 0 Å². The molecule has 6 heteroatoms. The maximum Gasteiger partial charge on any atom is 0.242 e. The molecule has 1 atom stereocenters. The Morgan fingerprint density at radius 1 is 1.21 bits per heavy atom. The maximum atomic E-state index is 12.2. The van der Waals surface area contributed by atoms with Gasteiger partial charge in [-0.25, -0.2) is 0 Å². The molecule has 0 radical (unpaired) electrons. The van der Waals surface area contributed by atoms with Crippen LogP contribution in [0.25, 0.3) is 0 Å². The van der Waals surface area contributed by atoms with Crippen LogP contribution in [0.5, 0.6) is 0 Å². The van der Waals surface area contributed by atoms with Gasteiger partial charge in [0.05, 0.1) is 0 Å². The van der Waals surface area contributed by atoms with Gasteiger partial charge in [0.15, 0.2) is 5.11 Å². The molecule has 4 nitrogen and oxygen atoms in total. The van der Waals surface area contributed by atoms with E-state index in [1.165, 1.54) is 12.8 Å². The van der Waals surface area contributed by atoms with Crippen molar-refractivity contribution < 1.29 is 9.59 Å². The number of thioether (sulfide) groups is 1. The van der Waals surface area contributed by atoms with Gasteiger partial charge in [-0.3, -0.25) is 9.59 Å². The minimum atomic E-state index is -1.00. The van der Waals surface area contributed by atoms with E-state index in [1.807, 2.05) is 13.8 Å². The Bertz CT molecular complexity index is 352. The van der Waals surface area contributed by atoms with Crippen molar-refractivity contribution in [1.29, 1.82) is 0 Å². The molecule has 0 aliphatic carbocycles. The van der Waals surface area contributed by atoms with Gasteiger partial charge in [-0.15, -0.1) is 0 Å². The molecule has 0 aromatic heterocycles. The molecule has 0 bridgehead atoms. The predicted octanol–water partition coefficient (Wildman–Crippen LogP) is 2.23. The van der Waals surface area contributed by atoms with Gasteiger partial charge < -0.3 is 10.6 Å². The van der Waals surface area contributed by atoms with Gasteiger partial charge in [-0.2, -0.15) is 11.8 Å². The highest BCUT2D eigenvalue weighted by Gasteiger charge is 2.51. The standard InChI is InChI=1S/C13H22N2O2S2/c1-4-6-7-8-19-9(3)13(5-2)10(16)14-12(18)15-11(13)17/h9H,4-8H2,1-3H3,(H2,14,15,16,17,18). The first-order valence-electron chi connectivity index (χ1n) is 6.77. The first-order valence-corrected chi connectivity index (χ1v) is 8.23. The number of carbonyl (C=O) groups excluding carboxylic acids is 2. The van der Waals surface area contributed by atoms with Crippen LogP contribution >= 0.6 is 24.0 Å². The van der Waals surface area contributed by atoms with Crippen molar-refractivity contribution in [3.8, 4) is 0 Å². The van der Waals surface area contributed by atoms with Gasteiger partial charge in [-0.05, 0) is 30.8 Å². The fraction of sp³-hybridized carbons (Fsp3) is 0.769. The number of thiocarbonyl (C=S) groups is 1. The molecule has 2 amide bonds. The Hall–Kier alpha value is -0.620. The van der Waals surface area contributed by atoms with E-state index in [0.717, 1.165) is 12.2 Å². The Labute approximate surface area is 124 Å². The molecule has 0 saturated carbocycles. The summed E-state index contributed by atoms with van der Waals surface area (Å²) >= 11 is 6.54. The fourth-order valence-corrected chi connectivity index (χ4v) is 3.87. The summed E-state index contributed by atoms with van der Waals surface area (Å²) in [5.74, 6) is 0.445. The molecule has 1 rings (SSSR count). The van der Waals surface area contributed by atoms with Crippen LogP contribution < -0.4 is 10.6 Å². The highest BCUT2D eigenvalue weighted by molar-refractivity contribution is 8.00. The molecule has 1 unspecified atom stereocenters. The number of unbranched alkanes of at least 4 members (excludes halogenated alkanes) is 2. The number of rotatable bonds is 7. The second-order valence-corrected chi connectivity index (χ2v) is 6.64. The van der Waals surface area contributed by atoms with Crippen LogP contribution in [-0.2, 0) is 9.59 Å². The lowest BCUT2D eigenvalue weighted by Crippen LogP contribution is -2.65. The minimum absolute atomic E-state index is 0.0579. The lowest BCUT2D eigenvalue weighted by Gasteiger charge is -2.38. The first kappa shape index (κ1) is 16.4. The van der Waals surface area contributed by atoms with Gasteiger partial charge >= 0.3 is 0 Å². The maximum absolute atomic E-state index is 12.2. The van der Waals surface area contributed by atoms with Gasteiger partial charge in [0.1, 0.15) is 5.41 Å². The largest absolute Gasteiger partial charge is 0.302 e. The van der Waals surface area contributed by atoms with Gasteiger partial charge in [0, 0.05) is 5.25 Å². The molecule has 1 fully saturated rings. The van der Waals surface area contributed by atoms with E-state index in [9.17, 15) is 9.59 Å². The minimum Gasteiger partial charge on any atom is -0.302 e. The van der Waals surface area contributed by atoms with E-state index in [1.54, 1.807) is 11.8 Å².